The highest BCUT2D eigenvalue weighted by Gasteiger charge is 2.38. The molecule has 1 aliphatic rings. The van der Waals surface area contributed by atoms with Crippen molar-refractivity contribution < 1.29 is 15.2 Å². The number of phenols is 1. The van der Waals surface area contributed by atoms with E-state index in [0.717, 1.165) is 55.8 Å². The summed E-state index contributed by atoms with van der Waals surface area (Å²) in [5, 5.41) is 24.3. The Labute approximate surface area is 289 Å². The topological polar surface area (TPSA) is 82.0 Å². The van der Waals surface area contributed by atoms with Crippen LogP contribution in [0, 0.1) is 5.41 Å². The molecule has 1 aliphatic heterocycles. The van der Waals surface area contributed by atoms with Crippen LogP contribution >= 0.6 is 23.5 Å². The normalized spacial score (nSPS) is 16.2. The fourth-order valence-electron chi connectivity index (χ4n) is 5.81. The van der Waals surface area contributed by atoms with E-state index in [1.165, 1.54) is 27.1 Å². The summed E-state index contributed by atoms with van der Waals surface area (Å²) in [5.74, 6) is 1.48. The molecule has 0 unspecified atom stereocenters. The van der Waals surface area contributed by atoms with Crippen LogP contribution in [0.5, 0.6) is 11.5 Å². The molecule has 7 heteroatoms. The van der Waals surface area contributed by atoms with E-state index in [9.17, 15) is 5.11 Å². The van der Waals surface area contributed by atoms with Gasteiger partial charge in [0.15, 0.2) is 0 Å². The van der Waals surface area contributed by atoms with Crippen LogP contribution in [0.4, 0.5) is 0 Å². The van der Waals surface area contributed by atoms with Gasteiger partial charge in [0, 0.05) is 50.8 Å². The van der Waals surface area contributed by atoms with Gasteiger partial charge < -0.3 is 25.9 Å². The summed E-state index contributed by atoms with van der Waals surface area (Å²) in [6, 6.07) is 9.29. The maximum Gasteiger partial charge on any atom is 0.126 e. The Morgan fingerprint density at radius 2 is 1.22 bits per heavy atom. The zero-order chi connectivity index (χ0) is 34.6. The molecule has 1 heterocycles. The number of allylic oxidation sites excluding steroid dienone is 1. The fraction of sp³-hybridized carbons (Fsp3) is 0.615. The van der Waals surface area contributed by atoms with Crippen molar-refractivity contribution in [1.29, 1.82) is 5.41 Å². The van der Waals surface area contributed by atoms with Crippen LogP contribution < -0.4 is 15.4 Å². The number of ether oxygens (including phenoxy) is 1. The van der Waals surface area contributed by atoms with Gasteiger partial charge in [0.1, 0.15) is 11.5 Å². The van der Waals surface area contributed by atoms with Gasteiger partial charge in [0.05, 0.1) is 23.4 Å². The van der Waals surface area contributed by atoms with E-state index in [4.69, 9.17) is 10.1 Å². The minimum Gasteiger partial charge on any atom is -0.507 e. The predicted molar refractivity (Wildman–Crippen MR) is 201 cm³/mol. The van der Waals surface area contributed by atoms with Gasteiger partial charge >= 0.3 is 0 Å². The number of nitrogens with one attached hydrogen (secondary N) is 2. The summed E-state index contributed by atoms with van der Waals surface area (Å²) in [7, 11) is 0. The van der Waals surface area contributed by atoms with Crippen LogP contribution in [0.2, 0.25) is 0 Å². The zero-order valence-electron chi connectivity index (χ0n) is 30.7. The average molecular weight is 669 g/mol. The molecule has 46 heavy (non-hydrogen) atoms. The van der Waals surface area contributed by atoms with E-state index in [0.29, 0.717) is 12.4 Å². The molecule has 0 aliphatic carbocycles. The Kier molecular flexibility index (Phi) is 12.6. The van der Waals surface area contributed by atoms with Crippen LogP contribution in [-0.4, -0.2) is 41.6 Å². The van der Waals surface area contributed by atoms with Crippen molar-refractivity contribution in [3.63, 3.8) is 0 Å². The molecular formula is C39H62N3O2S2+. The number of quaternary nitrogens is 1. The van der Waals surface area contributed by atoms with Gasteiger partial charge in [-0.15, -0.1) is 23.5 Å². The third-order valence-electron chi connectivity index (χ3n) is 8.46. The number of thioether (sulfide) groups is 2. The van der Waals surface area contributed by atoms with E-state index < -0.39 is 0 Å². The summed E-state index contributed by atoms with van der Waals surface area (Å²) in [4.78, 5) is 2.54. The minimum atomic E-state index is -0.163. The number of nitrogens with two attached hydrogens (primary N) is 1. The highest BCUT2D eigenvalue weighted by Crippen LogP contribution is 2.54. The molecule has 2 aromatic carbocycles. The highest BCUT2D eigenvalue weighted by molar-refractivity contribution is 8.18. The van der Waals surface area contributed by atoms with E-state index in [2.05, 4.69) is 118 Å². The number of rotatable bonds is 11. The molecule has 1 fully saturated rings. The van der Waals surface area contributed by atoms with E-state index >= 15 is 0 Å². The van der Waals surface area contributed by atoms with Gasteiger partial charge in [-0.05, 0) is 71.9 Å². The van der Waals surface area contributed by atoms with E-state index in [-0.39, 0.29) is 25.7 Å². The smallest absolute Gasteiger partial charge is 0.126 e. The molecule has 0 amide bonds. The maximum absolute atomic E-state index is 11.4. The lowest BCUT2D eigenvalue weighted by Crippen LogP contribution is -2.78. The molecule has 5 N–H and O–H groups in total. The Hall–Kier alpha value is -1.93. The molecule has 2 aromatic rings. The van der Waals surface area contributed by atoms with Crippen molar-refractivity contribution in [2.45, 2.75) is 138 Å². The van der Waals surface area contributed by atoms with E-state index in [1.54, 1.807) is 6.08 Å². The highest BCUT2D eigenvalue weighted by atomic mass is 32.2. The maximum atomic E-state index is 11.4. The van der Waals surface area contributed by atoms with Crippen molar-refractivity contribution >= 4 is 29.7 Å². The minimum absolute atomic E-state index is 0.0426. The summed E-state index contributed by atoms with van der Waals surface area (Å²) < 4.78 is 6.62. The molecule has 0 radical (unpaired) electrons. The summed E-state index contributed by atoms with van der Waals surface area (Å²) in [6.07, 6.45) is 8.01. The summed E-state index contributed by atoms with van der Waals surface area (Å²) >= 11 is 4.01. The molecule has 1 saturated heterocycles. The quantitative estimate of drug-likeness (QED) is 0.109. The molecule has 3 rings (SSSR count). The van der Waals surface area contributed by atoms with Crippen molar-refractivity contribution in [1.82, 2.24) is 5.32 Å². The first kappa shape index (κ1) is 38.5. The predicted octanol–water partition coefficient (Wildman–Crippen LogP) is 9.04. The fourth-order valence-corrected chi connectivity index (χ4v) is 8.94. The van der Waals surface area contributed by atoms with Gasteiger partial charge in [0.25, 0.3) is 0 Å². The van der Waals surface area contributed by atoms with Crippen LogP contribution in [0.3, 0.4) is 0 Å². The standard InChI is InChI=1S/C39H61N3O2S2/c1-35(2,3)29-23-27(24-30(33(29)43)36(4,5)6)45-39(15-20-42-21-16-39)46-28-25-31(37(7,8)9)34(32(26-28)38(10,11)12)44-22-14-19-41-18-13-17-40/h13,17-18,23-26,40-43H,14-16,19-22H2,1-12H3/p+1/b18-13-,40-17?. The second-order valence-electron chi connectivity index (χ2n) is 16.9. The Bertz CT molecular complexity index is 1300. The van der Waals surface area contributed by atoms with Crippen molar-refractivity contribution in [2.75, 3.05) is 26.2 Å². The van der Waals surface area contributed by atoms with Crippen molar-refractivity contribution in [3.8, 4) is 11.5 Å². The summed E-state index contributed by atoms with van der Waals surface area (Å²) in [5.41, 5.74) is 4.07. The third kappa shape index (κ3) is 10.3. The van der Waals surface area contributed by atoms with Crippen LogP contribution in [0.15, 0.2) is 46.3 Å². The molecule has 0 atom stereocenters. The van der Waals surface area contributed by atoms with Crippen molar-refractivity contribution in [3.05, 3.63) is 58.8 Å². The Morgan fingerprint density at radius 3 is 1.63 bits per heavy atom. The second-order valence-corrected chi connectivity index (χ2v) is 20.0. The number of piperidine rings is 1. The molecule has 0 bridgehead atoms. The van der Waals surface area contributed by atoms with Crippen molar-refractivity contribution in [2.24, 2.45) is 0 Å². The molecule has 256 valence electrons. The molecule has 0 saturated carbocycles. The lowest BCUT2D eigenvalue weighted by molar-refractivity contribution is -0.588. The molecular weight excluding hydrogens is 607 g/mol. The van der Waals surface area contributed by atoms with E-state index in [1.807, 2.05) is 29.7 Å². The lowest BCUT2D eigenvalue weighted by atomic mass is 9.79. The first-order chi connectivity index (χ1) is 21.2. The Morgan fingerprint density at radius 1 is 0.783 bits per heavy atom. The van der Waals surface area contributed by atoms with Crippen LogP contribution in [0.25, 0.3) is 0 Å². The monoisotopic (exact) mass is 668 g/mol. The summed E-state index contributed by atoms with van der Waals surface area (Å²) in [6.45, 7) is 30.5. The molecule has 0 spiro atoms. The van der Waals surface area contributed by atoms with Gasteiger partial charge in [-0.2, -0.15) is 0 Å². The third-order valence-corrected chi connectivity index (χ3v) is 11.5. The SMILES string of the molecule is CC(C)(C)c1cc(SC2(Sc3cc(C(C)(C)C)c(OCCC[NH2+]/C=C\C=N)c(C(C)(C)C)c3)CCNCC2)cc(C(C)(C)C)c1O. The van der Waals surface area contributed by atoms with Gasteiger partial charge in [-0.25, -0.2) is 0 Å². The molecule has 0 aromatic heterocycles. The zero-order valence-corrected chi connectivity index (χ0v) is 32.4. The number of hydrogen-bond acceptors (Lipinski definition) is 6. The average Bonchev–Trinajstić information content (AvgIpc) is 2.92. The van der Waals surface area contributed by atoms with Gasteiger partial charge in [-0.1, -0.05) is 83.1 Å². The second kappa shape index (κ2) is 15.1. The largest absolute Gasteiger partial charge is 0.507 e. The number of aromatic hydroxyl groups is 1. The number of benzene rings is 2. The van der Waals surface area contributed by atoms with Gasteiger partial charge in [0.2, 0.25) is 0 Å². The lowest BCUT2D eigenvalue weighted by Gasteiger charge is -2.38. The van der Waals surface area contributed by atoms with Gasteiger partial charge in [-0.3, -0.25) is 0 Å². The van der Waals surface area contributed by atoms with Crippen LogP contribution in [0.1, 0.15) is 125 Å². The first-order valence-electron chi connectivity index (χ1n) is 17.0. The number of phenolic OH excluding ortho intramolecular Hbond substituents is 1. The Balaban J connectivity index is 2.07. The molecule has 5 nitrogen and oxygen atoms in total. The van der Waals surface area contributed by atoms with Crippen LogP contribution in [-0.2, 0) is 21.7 Å². The first-order valence-corrected chi connectivity index (χ1v) is 18.6. The number of hydrogen-bond donors (Lipinski definition) is 4.